The van der Waals surface area contributed by atoms with Crippen molar-refractivity contribution in [3.8, 4) is 0 Å². The Bertz CT molecular complexity index is 225. The highest BCUT2D eigenvalue weighted by molar-refractivity contribution is 4.65. The van der Waals surface area contributed by atoms with Gasteiger partial charge in [0, 0.05) is 6.61 Å². The van der Waals surface area contributed by atoms with Gasteiger partial charge in [-0.25, -0.2) is 0 Å². The minimum atomic E-state index is 0.00722. The predicted molar refractivity (Wildman–Crippen MR) is 94.9 cm³/mol. The van der Waals surface area contributed by atoms with Crippen molar-refractivity contribution < 1.29 is 9.47 Å². The van der Waals surface area contributed by atoms with Crippen LogP contribution < -0.4 is 0 Å². The Hall–Kier alpha value is -0.0800. The maximum atomic E-state index is 5.61. The Balaban J connectivity index is 0. The summed E-state index contributed by atoms with van der Waals surface area (Å²) >= 11 is 0. The summed E-state index contributed by atoms with van der Waals surface area (Å²) in [6, 6.07) is 0. The lowest BCUT2D eigenvalue weighted by atomic mass is 9.93. The normalized spacial score (nSPS) is 13.7. The third-order valence-electron chi connectivity index (χ3n) is 2.33. The van der Waals surface area contributed by atoms with Gasteiger partial charge in [0.25, 0.3) is 0 Å². The van der Waals surface area contributed by atoms with E-state index in [0.29, 0.717) is 5.41 Å². The Morgan fingerprint density at radius 3 is 1.10 bits per heavy atom. The van der Waals surface area contributed by atoms with Crippen molar-refractivity contribution in [2.75, 3.05) is 13.2 Å². The summed E-state index contributed by atoms with van der Waals surface area (Å²) in [7, 11) is 0. The van der Waals surface area contributed by atoms with Crippen LogP contribution in [0.25, 0.3) is 0 Å². The second-order valence-electron chi connectivity index (χ2n) is 10.2. The SMILES string of the molecule is CC(C)(C)CCOC(C)(C)C.CC(C)(C)COC(C)(C)C. The smallest absolute Gasteiger partial charge is 0.0598 e. The van der Waals surface area contributed by atoms with Gasteiger partial charge < -0.3 is 9.47 Å². The van der Waals surface area contributed by atoms with Crippen molar-refractivity contribution in [3.05, 3.63) is 0 Å². The van der Waals surface area contributed by atoms with Gasteiger partial charge in [0.1, 0.15) is 0 Å². The van der Waals surface area contributed by atoms with Crippen LogP contribution in [0.5, 0.6) is 0 Å². The maximum Gasteiger partial charge on any atom is 0.0598 e. The first kappa shape index (κ1) is 23.2. The first-order chi connectivity index (χ1) is 8.91. The molecule has 0 bridgehead atoms. The summed E-state index contributed by atoms with van der Waals surface area (Å²) in [5.41, 5.74) is 0.705. The molecule has 0 spiro atoms. The molecule has 2 nitrogen and oxygen atoms in total. The standard InChI is InChI=1S/C10H22O.C9H20O/c1-9(2,3)7-8-11-10(4,5)6;1-8(2,3)7-10-9(4,5)6/h7-8H2,1-6H3;7H2,1-6H3. The molecule has 0 amide bonds. The quantitative estimate of drug-likeness (QED) is 0.628. The number of rotatable bonds is 3. The second kappa shape index (κ2) is 8.53. The van der Waals surface area contributed by atoms with Gasteiger partial charge in [0.05, 0.1) is 17.8 Å². The number of ether oxygens (including phenoxy) is 2. The zero-order valence-corrected chi connectivity index (χ0v) is 16.9. The van der Waals surface area contributed by atoms with Crippen molar-refractivity contribution in [1.29, 1.82) is 0 Å². The fourth-order valence-electron chi connectivity index (χ4n) is 1.10. The molecule has 0 N–H and O–H groups in total. The summed E-state index contributed by atoms with van der Waals surface area (Å²) in [4.78, 5) is 0. The molecule has 0 saturated heterocycles. The van der Waals surface area contributed by atoms with Crippen molar-refractivity contribution in [1.82, 2.24) is 0 Å². The van der Waals surface area contributed by atoms with Gasteiger partial charge >= 0.3 is 0 Å². The second-order valence-corrected chi connectivity index (χ2v) is 10.2. The molecular weight excluding hydrogens is 260 g/mol. The van der Waals surface area contributed by atoms with E-state index in [1.165, 1.54) is 0 Å². The van der Waals surface area contributed by atoms with Gasteiger partial charge in [0.15, 0.2) is 0 Å². The Kier molecular flexibility index (Phi) is 9.41. The molecule has 0 aliphatic heterocycles. The van der Waals surface area contributed by atoms with Gasteiger partial charge in [-0.05, 0) is 58.8 Å². The first-order valence-corrected chi connectivity index (χ1v) is 8.19. The van der Waals surface area contributed by atoms with Crippen LogP contribution in [0.15, 0.2) is 0 Å². The average molecular weight is 303 g/mol. The molecule has 0 rings (SSSR count). The van der Waals surface area contributed by atoms with Crippen LogP contribution in [0.2, 0.25) is 0 Å². The molecule has 0 aromatic heterocycles. The molecule has 0 atom stereocenters. The lowest BCUT2D eigenvalue weighted by Crippen LogP contribution is -2.26. The van der Waals surface area contributed by atoms with E-state index in [1.807, 2.05) is 0 Å². The molecule has 0 aromatic carbocycles. The molecular formula is C19H42O2. The van der Waals surface area contributed by atoms with E-state index in [1.54, 1.807) is 0 Å². The topological polar surface area (TPSA) is 18.5 Å². The highest BCUT2D eigenvalue weighted by Gasteiger charge is 2.16. The van der Waals surface area contributed by atoms with Crippen molar-refractivity contribution in [3.63, 3.8) is 0 Å². The van der Waals surface area contributed by atoms with Crippen LogP contribution in [0.3, 0.4) is 0 Å². The highest BCUT2D eigenvalue weighted by atomic mass is 16.5. The molecule has 0 unspecified atom stereocenters. The lowest BCUT2D eigenvalue weighted by molar-refractivity contribution is -0.0382. The van der Waals surface area contributed by atoms with Gasteiger partial charge in [-0.3, -0.25) is 0 Å². The summed E-state index contributed by atoms with van der Waals surface area (Å²) in [6.07, 6.45) is 1.13. The average Bonchev–Trinajstić information content (AvgIpc) is 2.09. The first-order valence-electron chi connectivity index (χ1n) is 8.19. The Labute approximate surface area is 135 Å². The van der Waals surface area contributed by atoms with E-state index < -0.39 is 0 Å². The lowest BCUT2D eigenvalue weighted by Gasteiger charge is -2.26. The third kappa shape index (κ3) is 28.7. The van der Waals surface area contributed by atoms with Crippen LogP contribution in [0.4, 0.5) is 0 Å². The third-order valence-corrected chi connectivity index (χ3v) is 2.33. The molecule has 0 heterocycles. The van der Waals surface area contributed by atoms with Crippen molar-refractivity contribution >= 4 is 0 Å². The van der Waals surface area contributed by atoms with Crippen LogP contribution in [-0.2, 0) is 9.47 Å². The zero-order valence-electron chi connectivity index (χ0n) is 16.9. The van der Waals surface area contributed by atoms with E-state index in [9.17, 15) is 0 Å². The minimum Gasteiger partial charge on any atom is -0.376 e. The van der Waals surface area contributed by atoms with E-state index in [0.717, 1.165) is 19.6 Å². The molecule has 0 radical (unpaired) electrons. The number of hydrogen-bond donors (Lipinski definition) is 0. The van der Waals surface area contributed by atoms with Crippen LogP contribution in [0.1, 0.15) is 89.5 Å². The van der Waals surface area contributed by atoms with Gasteiger partial charge in [-0.15, -0.1) is 0 Å². The monoisotopic (exact) mass is 302 g/mol. The predicted octanol–water partition coefficient (Wildman–Crippen LogP) is 6.09. The van der Waals surface area contributed by atoms with Crippen molar-refractivity contribution in [2.24, 2.45) is 10.8 Å². The molecule has 21 heavy (non-hydrogen) atoms. The maximum absolute atomic E-state index is 5.61. The van der Waals surface area contributed by atoms with Crippen LogP contribution >= 0.6 is 0 Å². The molecule has 2 heteroatoms. The van der Waals surface area contributed by atoms with E-state index in [-0.39, 0.29) is 16.6 Å². The summed E-state index contributed by atoms with van der Waals surface area (Å²) in [5, 5.41) is 0. The highest BCUT2D eigenvalue weighted by Crippen LogP contribution is 2.20. The van der Waals surface area contributed by atoms with Gasteiger partial charge in [-0.2, -0.15) is 0 Å². The van der Waals surface area contributed by atoms with E-state index in [4.69, 9.17) is 9.47 Å². The molecule has 0 saturated carbocycles. The molecule has 0 aliphatic carbocycles. The summed E-state index contributed by atoms with van der Waals surface area (Å²) in [6.45, 7) is 27.5. The van der Waals surface area contributed by atoms with Crippen molar-refractivity contribution in [2.45, 2.75) is 101 Å². The molecule has 0 aliphatic rings. The van der Waals surface area contributed by atoms with Crippen LogP contribution in [0, 0.1) is 10.8 Å². The zero-order chi connectivity index (χ0) is 17.5. The van der Waals surface area contributed by atoms with E-state index in [2.05, 4.69) is 83.1 Å². The van der Waals surface area contributed by atoms with Crippen LogP contribution in [-0.4, -0.2) is 24.4 Å². The molecule has 130 valence electrons. The van der Waals surface area contributed by atoms with Gasteiger partial charge in [0.2, 0.25) is 0 Å². The molecule has 0 aromatic rings. The molecule has 0 fully saturated rings. The van der Waals surface area contributed by atoms with Gasteiger partial charge in [-0.1, -0.05) is 41.5 Å². The minimum absolute atomic E-state index is 0.00722. The fraction of sp³-hybridized carbons (Fsp3) is 1.00. The van der Waals surface area contributed by atoms with E-state index >= 15 is 0 Å². The number of hydrogen-bond acceptors (Lipinski definition) is 2. The fourth-order valence-corrected chi connectivity index (χ4v) is 1.10. The summed E-state index contributed by atoms with van der Waals surface area (Å²) in [5.74, 6) is 0. The Morgan fingerprint density at radius 2 is 0.905 bits per heavy atom. The summed E-state index contributed by atoms with van der Waals surface area (Å²) < 4.78 is 11.2. The largest absolute Gasteiger partial charge is 0.376 e. The Morgan fingerprint density at radius 1 is 0.524 bits per heavy atom.